The largest absolute Gasteiger partial charge is 0.467 e. The Kier molecular flexibility index (Phi) is 10.8. The number of Topliss-reactive ketones (excluding diaryl/α,β-unsaturated/α-hetero) is 2. The first-order valence-corrected chi connectivity index (χ1v) is 16.6. The summed E-state index contributed by atoms with van der Waals surface area (Å²) in [6, 6.07) is 17.1. The summed E-state index contributed by atoms with van der Waals surface area (Å²) >= 11 is 10.1. The van der Waals surface area contributed by atoms with Crippen LogP contribution in [0.1, 0.15) is 33.6 Å². The van der Waals surface area contributed by atoms with Gasteiger partial charge in [-0.1, -0.05) is 0 Å². The highest BCUT2D eigenvalue weighted by atomic mass is 32.1. The maximum absolute atomic E-state index is 13.3. The number of nitrogens with one attached hydrogen (secondary N) is 4. The number of ketones is 2. The minimum atomic E-state index is -1.98. The molecule has 0 bridgehead atoms. The molecule has 5 rings (SSSR count). The van der Waals surface area contributed by atoms with Gasteiger partial charge in [-0.15, -0.1) is 0 Å². The standard InChI is InChI=1S/C34H32N8O8S2/c1-49-29(47)33(23(17-35)27(45)37-31(51)39-33)15-25(43)19-3-7-21(8-4-19)41-11-13-42(14-12-41)22-9-5-20(6-10-22)26(44)16-34(30(48)50-2)24(18-36)28(46)38-32(52)40-34/h3-10,23-24H,11-16H2,1-2H3,(H2,37,39,45,51)(H2,38,40,46,52)/t23-,24-,33-,34-/m1/s1. The van der Waals surface area contributed by atoms with Gasteiger partial charge in [-0.25, -0.2) is 9.59 Å². The predicted molar refractivity (Wildman–Crippen MR) is 191 cm³/mol. The number of benzene rings is 2. The lowest BCUT2D eigenvalue weighted by Crippen LogP contribution is -2.70. The lowest BCUT2D eigenvalue weighted by atomic mass is 9.77. The Labute approximate surface area is 308 Å². The average molecular weight is 745 g/mol. The molecule has 4 atom stereocenters. The highest BCUT2D eigenvalue weighted by Crippen LogP contribution is 2.31. The van der Waals surface area contributed by atoms with Crippen molar-refractivity contribution in [3.63, 3.8) is 0 Å². The van der Waals surface area contributed by atoms with Crippen LogP contribution >= 0.6 is 24.4 Å². The quantitative estimate of drug-likeness (QED) is 0.146. The van der Waals surface area contributed by atoms with Crippen LogP contribution in [0.2, 0.25) is 0 Å². The van der Waals surface area contributed by atoms with Crippen LogP contribution in [0.25, 0.3) is 0 Å². The first kappa shape index (κ1) is 37.3. The van der Waals surface area contributed by atoms with Gasteiger partial charge in [0.25, 0.3) is 0 Å². The van der Waals surface area contributed by atoms with Crippen LogP contribution in [-0.2, 0) is 28.7 Å². The molecule has 0 radical (unpaired) electrons. The highest BCUT2D eigenvalue weighted by Gasteiger charge is 2.57. The maximum atomic E-state index is 13.3. The minimum Gasteiger partial charge on any atom is -0.467 e. The molecule has 268 valence electrons. The van der Waals surface area contributed by atoms with Crippen LogP contribution in [0.4, 0.5) is 11.4 Å². The van der Waals surface area contributed by atoms with Gasteiger partial charge in [0.1, 0.15) is 0 Å². The third-order valence-electron chi connectivity index (χ3n) is 9.28. The fourth-order valence-corrected chi connectivity index (χ4v) is 7.12. The minimum absolute atomic E-state index is 0.189. The molecule has 0 unspecified atom stereocenters. The number of anilines is 2. The number of methoxy groups -OCH3 is 2. The number of hydrogen-bond acceptors (Lipinski definition) is 14. The summed E-state index contributed by atoms with van der Waals surface area (Å²) in [4.78, 5) is 81.5. The van der Waals surface area contributed by atoms with E-state index in [1.807, 2.05) is 0 Å². The van der Waals surface area contributed by atoms with Crippen LogP contribution in [0.3, 0.4) is 0 Å². The summed E-state index contributed by atoms with van der Waals surface area (Å²) in [7, 11) is 2.19. The lowest BCUT2D eigenvalue weighted by Gasteiger charge is -2.39. The number of nitrogens with zero attached hydrogens (tertiary/aromatic N) is 4. The van der Waals surface area contributed by atoms with E-state index in [0.717, 1.165) is 25.6 Å². The first-order valence-electron chi connectivity index (χ1n) is 15.8. The van der Waals surface area contributed by atoms with Gasteiger partial charge in [0, 0.05) is 61.5 Å². The molecule has 0 aromatic heterocycles. The van der Waals surface area contributed by atoms with E-state index in [1.165, 1.54) is 0 Å². The van der Waals surface area contributed by atoms with E-state index in [4.69, 9.17) is 33.9 Å². The Hall–Kier alpha value is -5.98. The molecule has 3 heterocycles. The van der Waals surface area contributed by atoms with Crippen LogP contribution in [0.5, 0.6) is 0 Å². The van der Waals surface area contributed by atoms with Crippen LogP contribution in [0, 0.1) is 34.5 Å². The molecule has 2 amide bonds. The van der Waals surface area contributed by atoms with Gasteiger partial charge in [-0.05, 0) is 73.0 Å². The number of ether oxygens (including phenoxy) is 2. The Balaban J connectivity index is 1.21. The molecule has 0 saturated carbocycles. The van der Waals surface area contributed by atoms with Crippen molar-refractivity contribution in [3.05, 3.63) is 59.7 Å². The Morgan fingerprint density at radius 1 is 0.692 bits per heavy atom. The predicted octanol–water partition coefficient (Wildman–Crippen LogP) is 0.271. The SMILES string of the molecule is COC(=O)[C@]1(CC(=O)c2ccc(N3CCN(c4ccc(C(=O)C[C@@]5(C(=O)OC)NC(=S)NC(=O)[C@H]5C#N)cc4)CC3)cc2)NC(=S)NC(=O)[C@H]1C#N. The van der Waals surface area contributed by atoms with Crippen LogP contribution in [-0.4, -0.2) is 97.0 Å². The van der Waals surface area contributed by atoms with E-state index in [9.17, 15) is 39.3 Å². The zero-order valence-corrected chi connectivity index (χ0v) is 29.5. The van der Waals surface area contributed by atoms with Crippen molar-refractivity contribution in [1.82, 2.24) is 21.3 Å². The van der Waals surface area contributed by atoms with E-state index >= 15 is 0 Å². The summed E-state index contributed by atoms with van der Waals surface area (Å²) in [5, 5.41) is 28.8. The maximum Gasteiger partial charge on any atom is 0.334 e. The number of piperazine rings is 1. The number of nitriles is 2. The summed E-state index contributed by atoms with van der Waals surface area (Å²) in [5.74, 6) is -7.63. The second-order valence-electron chi connectivity index (χ2n) is 12.2. The second-order valence-corrected chi connectivity index (χ2v) is 13.0. The van der Waals surface area contributed by atoms with E-state index in [0.29, 0.717) is 26.2 Å². The van der Waals surface area contributed by atoms with Gasteiger partial charge in [0.2, 0.25) is 11.8 Å². The van der Waals surface area contributed by atoms with Crippen molar-refractivity contribution in [3.8, 4) is 12.1 Å². The third-order valence-corrected chi connectivity index (χ3v) is 9.69. The third kappa shape index (κ3) is 6.98. The van der Waals surface area contributed by atoms with Crippen molar-refractivity contribution in [2.75, 3.05) is 50.2 Å². The molecule has 52 heavy (non-hydrogen) atoms. The van der Waals surface area contributed by atoms with Crippen molar-refractivity contribution in [2.45, 2.75) is 23.9 Å². The number of carbonyl (C=O) groups excluding carboxylic acids is 6. The number of hydrogen-bond donors (Lipinski definition) is 4. The Bertz CT molecular complexity index is 1800. The molecule has 0 spiro atoms. The Morgan fingerprint density at radius 2 is 1.02 bits per heavy atom. The number of carbonyl (C=O) groups is 6. The molecule has 3 aliphatic rings. The monoisotopic (exact) mass is 744 g/mol. The number of esters is 2. The first-order chi connectivity index (χ1) is 24.8. The molecule has 2 aromatic carbocycles. The summed E-state index contributed by atoms with van der Waals surface area (Å²) in [5.41, 5.74) is -1.73. The number of amides is 2. The van der Waals surface area contributed by atoms with Gasteiger partial charge in [0.05, 0.1) is 26.4 Å². The van der Waals surface area contributed by atoms with E-state index < -0.39 is 71.1 Å². The van der Waals surface area contributed by atoms with Crippen molar-refractivity contribution in [2.24, 2.45) is 11.8 Å². The molecule has 4 N–H and O–H groups in total. The van der Waals surface area contributed by atoms with Crippen LogP contribution in [0.15, 0.2) is 48.5 Å². The van der Waals surface area contributed by atoms with Gasteiger partial charge < -0.3 is 40.5 Å². The molecule has 18 heteroatoms. The normalized spacial score (nSPS) is 24.2. The summed E-state index contributed by atoms with van der Waals surface area (Å²) < 4.78 is 9.72. The molecular weight excluding hydrogens is 713 g/mol. The van der Waals surface area contributed by atoms with Crippen LogP contribution < -0.4 is 31.1 Å². The zero-order valence-electron chi connectivity index (χ0n) is 27.9. The molecule has 3 saturated heterocycles. The van der Waals surface area contributed by atoms with E-state index in [2.05, 4.69) is 31.1 Å². The second kappa shape index (κ2) is 15.1. The Morgan fingerprint density at radius 3 is 1.31 bits per heavy atom. The lowest BCUT2D eigenvalue weighted by molar-refractivity contribution is -0.153. The fraction of sp³-hybridized carbons (Fsp3) is 0.353. The van der Waals surface area contributed by atoms with Crippen molar-refractivity contribution >= 4 is 81.4 Å². The topological polar surface area (TPSA) is 223 Å². The van der Waals surface area contributed by atoms with Gasteiger partial charge in [0.15, 0.2) is 44.7 Å². The van der Waals surface area contributed by atoms with E-state index in [-0.39, 0.29) is 21.4 Å². The van der Waals surface area contributed by atoms with Crippen molar-refractivity contribution in [1.29, 1.82) is 10.5 Å². The molecule has 3 fully saturated rings. The molecule has 0 aliphatic carbocycles. The fourth-order valence-electron chi connectivity index (χ4n) is 6.55. The smallest absolute Gasteiger partial charge is 0.334 e. The highest BCUT2D eigenvalue weighted by molar-refractivity contribution is 7.80. The van der Waals surface area contributed by atoms with E-state index in [1.54, 1.807) is 60.7 Å². The summed E-state index contributed by atoms with van der Waals surface area (Å²) in [6.07, 6.45) is -1.08. The molecule has 3 aliphatic heterocycles. The van der Waals surface area contributed by atoms with Crippen molar-refractivity contribution < 1.29 is 38.2 Å². The average Bonchev–Trinajstić information content (AvgIpc) is 3.13. The van der Waals surface area contributed by atoms with Gasteiger partial charge in [-0.2, -0.15) is 10.5 Å². The number of rotatable bonds is 10. The summed E-state index contributed by atoms with van der Waals surface area (Å²) in [6.45, 7) is 2.52. The molecule has 16 nitrogen and oxygen atoms in total. The zero-order chi connectivity index (χ0) is 37.8. The number of thiocarbonyl (C=S) groups is 2. The van der Waals surface area contributed by atoms with Gasteiger partial charge >= 0.3 is 11.9 Å². The molecular formula is C34H32N8O8S2. The van der Waals surface area contributed by atoms with Gasteiger partial charge in [-0.3, -0.25) is 19.2 Å². The molecule has 2 aromatic rings.